The van der Waals surface area contributed by atoms with Gasteiger partial charge >= 0.3 is 11.9 Å². The van der Waals surface area contributed by atoms with Crippen LogP contribution in [0.4, 0.5) is 0 Å². The highest BCUT2D eigenvalue weighted by Crippen LogP contribution is 2.54. The number of esters is 2. The van der Waals surface area contributed by atoms with Crippen LogP contribution in [0.3, 0.4) is 0 Å². The van der Waals surface area contributed by atoms with Gasteiger partial charge in [-0.25, -0.2) is 0 Å². The molecule has 138 valence electrons. The normalized spacial score (nSPS) is 43.9. The SMILES string of the molecule is CCC(C)C(=O)O[C@H]1[C@@H]2[C@H](C)C(=O)O[C@@H]2C[C@@H](C)[C@@H]2C=CC(=O)[C@]21C. The summed E-state index contributed by atoms with van der Waals surface area (Å²) in [6.45, 7) is 9.55. The Balaban J connectivity index is 2.04. The van der Waals surface area contributed by atoms with E-state index in [9.17, 15) is 14.4 Å². The maximum absolute atomic E-state index is 12.8. The first-order valence-electron chi connectivity index (χ1n) is 9.35. The van der Waals surface area contributed by atoms with Crippen LogP contribution in [-0.2, 0) is 23.9 Å². The molecule has 2 aliphatic carbocycles. The van der Waals surface area contributed by atoms with Gasteiger partial charge in [0.15, 0.2) is 5.78 Å². The zero-order chi connectivity index (χ0) is 18.5. The molecule has 0 N–H and O–H groups in total. The first-order valence-corrected chi connectivity index (χ1v) is 9.35. The van der Waals surface area contributed by atoms with Gasteiger partial charge < -0.3 is 9.47 Å². The molecule has 1 aliphatic heterocycles. The lowest BCUT2D eigenvalue weighted by molar-refractivity contribution is -0.171. The van der Waals surface area contributed by atoms with E-state index in [1.54, 1.807) is 6.08 Å². The number of carbonyl (C=O) groups excluding carboxylic acids is 3. The molecule has 2 fully saturated rings. The van der Waals surface area contributed by atoms with Crippen LogP contribution >= 0.6 is 0 Å². The highest BCUT2D eigenvalue weighted by Gasteiger charge is 2.62. The maximum Gasteiger partial charge on any atom is 0.309 e. The summed E-state index contributed by atoms with van der Waals surface area (Å²) in [5.74, 6) is -1.30. The fourth-order valence-corrected chi connectivity index (χ4v) is 4.84. The molecule has 0 spiro atoms. The average molecular weight is 348 g/mol. The van der Waals surface area contributed by atoms with Crippen molar-refractivity contribution in [1.82, 2.24) is 0 Å². The number of ketones is 1. The average Bonchev–Trinajstić information content (AvgIpc) is 2.99. The van der Waals surface area contributed by atoms with Gasteiger partial charge in [0.2, 0.25) is 0 Å². The lowest BCUT2D eigenvalue weighted by Crippen LogP contribution is -2.50. The zero-order valence-corrected chi connectivity index (χ0v) is 15.7. The summed E-state index contributed by atoms with van der Waals surface area (Å²) in [6, 6.07) is 0. The van der Waals surface area contributed by atoms with Crippen molar-refractivity contribution in [3.8, 4) is 0 Å². The van der Waals surface area contributed by atoms with Crippen molar-refractivity contribution in [3.63, 3.8) is 0 Å². The van der Waals surface area contributed by atoms with Gasteiger partial charge in [-0.1, -0.05) is 33.8 Å². The Hall–Kier alpha value is -1.65. The van der Waals surface area contributed by atoms with Gasteiger partial charge in [0.1, 0.15) is 12.2 Å². The Labute approximate surface area is 149 Å². The monoisotopic (exact) mass is 348 g/mol. The van der Waals surface area contributed by atoms with Gasteiger partial charge in [-0.05, 0) is 37.7 Å². The molecule has 8 atom stereocenters. The minimum absolute atomic E-state index is 0.00812. The van der Waals surface area contributed by atoms with E-state index >= 15 is 0 Å². The van der Waals surface area contributed by atoms with E-state index in [1.807, 2.05) is 33.8 Å². The molecule has 25 heavy (non-hydrogen) atoms. The Kier molecular flexibility index (Phi) is 4.54. The lowest BCUT2D eigenvalue weighted by Gasteiger charge is -2.40. The quantitative estimate of drug-likeness (QED) is 0.734. The summed E-state index contributed by atoms with van der Waals surface area (Å²) in [4.78, 5) is 37.6. The van der Waals surface area contributed by atoms with E-state index in [0.717, 1.165) is 0 Å². The number of hydrogen-bond acceptors (Lipinski definition) is 5. The van der Waals surface area contributed by atoms with E-state index in [2.05, 4.69) is 6.92 Å². The summed E-state index contributed by atoms with van der Waals surface area (Å²) >= 11 is 0. The molecule has 1 heterocycles. The van der Waals surface area contributed by atoms with Crippen molar-refractivity contribution in [3.05, 3.63) is 12.2 Å². The Morgan fingerprint density at radius 2 is 2.08 bits per heavy atom. The fraction of sp³-hybridized carbons (Fsp3) is 0.750. The number of ether oxygens (including phenoxy) is 2. The highest BCUT2D eigenvalue weighted by atomic mass is 16.6. The van der Waals surface area contributed by atoms with Gasteiger partial charge in [0, 0.05) is 5.92 Å². The van der Waals surface area contributed by atoms with Crippen molar-refractivity contribution >= 4 is 17.7 Å². The summed E-state index contributed by atoms with van der Waals surface area (Å²) in [5.41, 5.74) is -0.829. The number of allylic oxidation sites excluding steroid dienone is 2. The van der Waals surface area contributed by atoms with Gasteiger partial charge in [0.05, 0.1) is 17.3 Å². The van der Waals surface area contributed by atoms with Gasteiger partial charge in [-0.15, -0.1) is 0 Å². The Bertz CT molecular complexity index is 624. The number of carbonyl (C=O) groups is 3. The summed E-state index contributed by atoms with van der Waals surface area (Å²) < 4.78 is 11.6. The highest BCUT2D eigenvalue weighted by molar-refractivity contribution is 5.98. The Morgan fingerprint density at radius 3 is 2.72 bits per heavy atom. The van der Waals surface area contributed by atoms with Crippen molar-refractivity contribution < 1.29 is 23.9 Å². The van der Waals surface area contributed by atoms with E-state index in [1.165, 1.54) is 0 Å². The topological polar surface area (TPSA) is 69.7 Å². The minimum atomic E-state index is -0.829. The van der Waals surface area contributed by atoms with Crippen molar-refractivity contribution in [2.24, 2.45) is 35.0 Å². The molecule has 5 nitrogen and oxygen atoms in total. The molecule has 5 heteroatoms. The van der Waals surface area contributed by atoms with E-state index in [0.29, 0.717) is 12.8 Å². The molecule has 0 amide bonds. The molecule has 3 aliphatic rings. The second-order valence-electron chi connectivity index (χ2n) is 8.25. The summed E-state index contributed by atoms with van der Waals surface area (Å²) in [7, 11) is 0. The third kappa shape index (κ3) is 2.63. The van der Waals surface area contributed by atoms with Crippen molar-refractivity contribution in [2.45, 2.75) is 59.7 Å². The third-order valence-corrected chi connectivity index (χ3v) is 6.74. The van der Waals surface area contributed by atoms with Crippen LogP contribution < -0.4 is 0 Å². The third-order valence-electron chi connectivity index (χ3n) is 6.74. The second kappa shape index (κ2) is 6.26. The summed E-state index contributed by atoms with van der Waals surface area (Å²) in [6.07, 6.45) is 4.00. The van der Waals surface area contributed by atoms with Crippen molar-refractivity contribution in [2.75, 3.05) is 0 Å². The van der Waals surface area contributed by atoms with Crippen LogP contribution in [0.2, 0.25) is 0 Å². The van der Waals surface area contributed by atoms with E-state index in [4.69, 9.17) is 9.47 Å². The first kappa shape index (κ1) is 18.2. The lowest BCUT2D eigenvalue weighted by atomic mass is 9.66. The fourth-order valence-electron chi connectivity index (χ4n) is 4.84. The molecule has 0 aromatic rings. The molecule has 0 bridgehead atoms. The Morgan fingerprint density at radius 1 is 1.40 bits per heavy atom. The maximum atomic E-state index is 12.8. The number of fused-ring (bicyclic) bond motifs is 2. The van der Waals surface area contributed by atoms with Crippen LogP contribution in [0.5, 0.6) is 0 Å². The van der Waals surface area contributed by atoms with Gasteiger partial charge in [0.25, 0.3) is 0 Å². The molecule has 3 rings (SSSR count). The molecule has 1 saturated heterocycles. The van der Waals surface area contributed by atoms with Crippen LogP contribution in [0.1, 0.15) is 47.5 Å². The van der Waals surface area contributed by atoms with Crippen LogP contribution in [-0.4, -0.2) is 29.9 Å². The predicted octanol–water partition coefficient (Wildman–Crippen LogP) is 2.92. The van der Waals surface area contributed by atoms with Gasteiger partial charge in [-0.3, -0.25) is 14.4 Å². The standard InChI is InChI=1S/C20H28O5/c1-6-10(2)18(22)25-17-16-12(4)19(23)24-14(16)9-11(3)13-7-8-15(21)20(13,17)5/h7-8,10-14,16-17H,6,9H2,1-5H3/t10?,11-,12+,13+,14-,16-,17+,20+/m1/s1. The molecule has 0 aromatic carbocycles. The van der Waals surface area contributed by atoms with E-state index in [-0.39, 0.29) is 53.4 Å². The molecule has 1 unspecified atom stereocenters. The summed E-state index contributed by atoms with van der Waals surface area (Å²) in [5, 5.41) is 0. The predicted molar refractivity (Wildman–Crippen MR) is 91.4 cm³/mol. The smallest absolute Gasteiger partial charge is 0.309 e. The second-order valence-corrected chi connectivity index (χ2v) is 8.25. The van der Waals surface area contributed by atoms with E-state index < -0.39 is 11.5 Å². The van der Waals surface area contributed by atoms with Gasteiger partial charge in [-0.2, -0.15) is 0 Å². The van der Waals surface area contributed by atoms with Crippen molar-refractivity contribution in [1.29, 1.82) is 0 Å². The molecular weight excluding hydrogens is 320 g/mol. The van der Waals surface area contributed by atoms with Crippen LogP contribution in [0.25, 0.3) is 0 Å². The minimum Gasteiger partial charge on any atom is -0.462 e. The van der Waals surface area contributed by atoms with Crippen LogP contribution in [0, 0.1) is 35.0 Å². The molecule has 0 radical (unpaired) electrons. The molecule has 0 aromatic heterocycles. The molecular formula is C20H28O5. The first-order chi connectivity index (χ1) is 11.7. The number of hydrogen-bond donors (Lipinski definition) is 0. The molecule has 1 saturated carbocycles. The number of rotatable bonds is 3. The van der Waals surface area contributed by atoms with Crippen LogP contribution in [0.15, 0.2) is 12.2 Å². The largest absolute Gasteiger partial charge is 0.462 e. The zero-order valence-electron chi connectivity index (χ0n) is 15.7.